The number of benzene rings is 2. The first-order valence-corrected chi connectivity index (χ1v) is 9.33. The van der Waals surface area contributed by atoms with Gasteiger partial charge in [0.2, 0.25) is 4.80 Å². The highest BCUT2D eigenvalue weighted by Crippen LogP contribution is 2.23. The number of nitriles is 1. The van der Waals surface area contributed by atoms with Gasteiger partial charge in [-0.2, -0.15) is 10.4 Å². The molecule has 26 heavy (non-hydrogen) atoms. The van der Waals surface area contributed by atoms with E-state index in [-0.39, 0.29) is 0 Å². The molecule has 1 heterocycles. The summed E-state index contributed by atoms with van der Waals surface area (Å²) in [6.45, 7) is 6.96. The fourth-order valence-corrected chi connectivity index (χ4v) is 3.42. The van der Waals surface area contributed by atoms with Crippen molar-refractivity contribution in [2.24, 2.45) is 10.1 Å². The Kier molecular flexibility index (Phi) is 5.45. The Hall–Kier alpha value is -2.97. The lowest BCUT2D eigenvalue weighted by molar-refractivity contribution is 0.833. The molecule has 0 fully saturated rings. The zero-order valence-electron chi connectivity index (χ0n) is 15.1. The summed E-state index contributed by atoms with van der Waals surface area (Å²) >= 11 is 1.59. The molecule has 1 aromatic heterocycles. The van der Waals surface area contributed by atoms with E-state index < -0.39 is 0 Å². The molecule has 0 bridgehead atoms. The Morgan fingerprint density at radius 3 is 2.54 bits per heavy atom. The highest BCUT2D eigenvalue weighted by atomic mass is 32.1. The van der Waals surface area contributed by atoms with E-state index in [0.29, 0.717) is 12.1 Å². The molecule has 5 heteroatoms. The topological polar surface area (TPSA) is 53.4 Å². The zero-order valence-corrected chi connectivity index (χ0v) is 15.9. The Morgan fingerprint density at radius 2 is 1.88 bits per heavy atom. The van der Waals surface area contributed by atoms with Gasteiger partial charge in [-0.15, -0.1) is 11.3 Å². The molecule has 2 aromatic carbocycles. The van der Waals surface area contributed by atoms with Crippen LogP contribution < -0.4 is 4.80 Å². The fourth-order valence-electron chi connectivity index (χ4n) is 2.52. The minimum atomic E-state index is 0.642. The molecule has 4 nitrogen and oxygen atoms in total. The van der Waals surface area contributed by atoms with Crippen molar-refractivity contribution in [3.63, 3.8) is 0 Å². The minimum Gasteiger partial charge on any atom is -0.258 e. The molecular formula is C21H20N4S. The van der Waals surface area contributed by atoms with Crippen molar-refractivity contribution in [1.29, 1.82) is 5.26 Å². The first-order valence-electron chi connectivity index (χ1n) is 8.45. The molecule has 0 aliphatic heterocycles. The molecule has 3 rings (SSSR count). The van der Waals surface area contributed by atoms with Gasteiger partial charge in [-0.1, -0.05) is 24.3 Å². The van der Waals surface area contributed by atoms with E-state index in [1.54, 1.807) is 29.7 Å². The van der Waals surface area contributed by atoms with Gasteiger partial charge in [0.25, 0.3) is 0 Å². The quantitative estimate of drug-likeness (QED) is 0.632. The van der Waals surface area contributed by atoms with E-state index in [1.807, 2.05) is 23.7 Å². The summed E-state index contributed by atoms with van der Waals surface area (Å²) in [7, 11) is 0. The Balaban J connectivity index is 2.05. The lowest BCUT2D eigenvalue weighted by Gasteiger charge is -2.06. The number of aromatic nitrogens is 1. The van der Waals surface area contributed by atoms with Gasteiger partial charge in [0.15, 0.2) is 0 Å². The summed E-state index contributed by atoms with van der Waals surface area (Å²) in [5.74, 6) is 0. The molecule has 0 radical (unpaired) electrons. The lowest BCUT2D eigenvalue weighted by atomic mass is 10.1. The van der Waals surface area contributed by atoms with Crippen LogP contribution in [0, 0.1) is 25.2 Å². The van der Waals surface area contributed by atoms with Crippen LogP contribution in [-0.4, -0.2) is 17.4 Å². The minimum absolute atomic E-state index is 0.642. The summed E-state index contributed by atoms with van der Waals surface area (Å²) < 4.78 is 1.89. The number of hydrogen-bond acceptors (Lipinski definition) is 4. The van der Waals surface area contributed by atoms with E-state index in [4.69, 9.17) is 5.26 Å². The van der Waals surface area contributed by atoms with Crippen molar-refractivity contribution in [3.8, 4) is 17.3 Å². The molecule has 130 valence electrons. The Labute approximate surface area is 157 Å². The second-order valence-electron chi connectivity index (χ2n) is 5.97. The van der Waals surface area contributed by atoms with E-state index in [9.17, 15) is 0 Å². The lowest BCUT2D eigenvalue weighted by Crippen LogP contribution is -2.12. The smallest absolute Gasteiger partial charge is 0.206 e. The molecule has 3 aromatic rings. The molecule has 0 N–H and O–H groups in total. The third-order valence-corrected chi connectivity index (χ3v) is 5.00. The summed E-state index contributed by atoms with van der Waals surface area (Å²) in [6.07, 6.45) is 1.80. The van der Waals surface area contributed by atoms with Gasteiger partial charge in [-0.05, 0) is 55.7 Å². The number of rotatable bonds is 4. The summed E-state index contributed by atoms with van der Waals surface area (Å²) in [6, 6.07) is 15.9. The molecule has 0 aliphatic carbocycles. The van der Waals surface area contributed by atoms with Crippen molar-refractivity contribution in [3.05, 3.63) is 74.9 Å². The van der Waals surface area contributed by atoms with Crippen molar-refractivity contribution in [2.45, 2.75) is 20.8 Å². The molecule has 0 unspecified atom stereocenters. The standard InChI is InChI=1S/C21H20N4S/c1-4-23-21-25(24-13-18-8-6-17(12-22)7-9-18)20(14-26-21)19-10-5-15(2)16(3)11-19/h5-11,13-14H,4H2,1-3H3. The first kappa shape index (κ1) is 17.8. The highest BCUT2D eigenvalue weighted by molar-refractivity contribution is 7.07. The number of nitrogens with zero attached hydrogens (tertiary/aromatic N) is 4. The van der Waals surface area contributed by atoms with Gasteiger partial charge in [-0.3, -0.25) is 4.99 Å². The van der Waals surface area contributed by atoms with Crippen LogP contribution in [0.3, 0.4) is 0 Å². The zero-order chi connectivity index (χ0) is 18.5. The third-order valence-electron chi connectivity index (χ3n) is 4.14. The van der Waals surface area contributed by atoms with Crippen molar-refractivity contribution in [2.75, 3.05) is 6.54 Å². The van der Waals surface area contributed by atoms with Crippen LogP contribution in [0.25, 0.3) is 11.3 Å². The number of hydrogen-bond donors (Lipinski definition) is 0. The van der Waals surface area contributed by atoms with Gasteiger partial charge in [-0.25, -0.2) is 4.68 Å². The van der Waals surface area contributed by atoms with Crippen molar-refractivity contribution in [1.82, 2.24) is 4.68 Å². The van der Waals surface area contributed by atoms with Crippen LogP contribution in [0.2, 0.25) is 0 Å². The predicted octanol–water partition coefficient (Wildman–Crippen LogP) is 4.51. The average Bonchev–Trinajstić information content (AvgIpc) is 3.05. The van der Waals surface area contributed by atoms with E-state index >= 15 is 0 Å². The SMILES string of the molecule is CCN=c1scc(-c2ccc(C)c(C)c2)n1N=Cc1ccc(C#N)cc1. The van der Waals surface area contributed by atoms with Crippen LogP contribution in [0.15, 0.2) is 57.9 Å². The molecule has 0 spiro atoms. The largest absolute Gasteiger partial charge is 0.258 e. The van der Waals surface area contributed by atoms with Crippen LogP contribution in [0.5, 0.6) is 0 Å². The fraction of sp³-hybridized carbons (Fsp3) is 0.190. The monoisotopic (exact) mass is 360 g/mol. The molecule has 0 saturated heterocycles. The normalized spacial score (nSPS) is 11.8. The molecule has 0 atom stereocenters. The third kappa shape index (κ3) is 3.81. The van der Waals surface area contributed by atoms with E-state index in [2.05, 4.69) is 53.6 Å². The van der Waals surface area contributed by atoms with E-state index in [0.717, 1.165) is 21.6 Å². The van der Waals surface area contributed by atoms with Crippen LogP contribution in [0.1, 0.15) is 29.2 Å². The van der Waals surface area contributed by atoms with Gasteiger partial charge in [0.1, 0.15) is 0 Å². The van der Waals surface area contributed by atoms with Crippen molar-refractivity contribution < 1.29 is 0 Å². The average molecular weight is 360 g/mol. The second kappa shape index (κ2) is 7.94. The molecule has 0 saturated carbocycles. The summed E-state index contributed by atoms with van der Waals surface area (Å²) in [5.41, 5.74) is 6.26. The maximum Gasteiger partial charge on any atom is 0.206 e. The second-order valence-corrected chi connectivity index (χ2v) is 6.80. The maximum absolute atomic E-state index is 8.91. The van der Waals surface area contributed by atoms with Crippen LogP contribution in [-0.2, 0) is 0 Å². The molecular weight excluding hydrogens is 340 g/mol. The highest BCUT2D eigenvalue weighted by Gasteiger charge is 2.08. The van der Waals surface area contributed by atoms with Crippen molar-refractivity contribution >= 4 is 17.6 Å². The van der Waals surface area contributed by atoms with Crippen LogP contribution >= 0.6 is 11.3 Å². The first-order chi connectivity index (χ1) is 12.6. The Bertz CT molecular complexity index is 1050. The van der Waals surface area contributed by atoms with Gasteiger partial charge in [0, 0.05) is 17.5 Å². The number of thiazole rings is 1. The summed E-state index contributed by atoms with van der Waals surface area (Å²) in [5, 5.41) is 15.7. The molecule has 0 amide bonds. The predicted molar refractivity (Wildman–Crippen MR) is 107 cm³/mol. The van der Waals surface area contributed by atoms with Crippen LogP contribution in [0.4, 0.5) is 0 Å². The van der Waals surface area contributed by atoms with Gasteiger partial charge < -0.3 is 0 Å². The Morgan fingerprint density at radius 1 is 1.12 bits per heavy atom. The molecule has 0 aliphatic rings. The van der Waals surface area contributed by atoms with Gasteiger partial charge in [0.05, 0.1) is 23.5 Å². The van der Waals surface area contributed by atoms with Gasteiger partial charge >= 0.3 is 0 Å². The van der Waals surface area contributed by atoms with E-state index in [1.165, 1.54) is 11.1 Å². The number of aryl methyl sites for hydroxylation is 2. The summed E-state index contributed by atoms with van der Waals surface area (Å²) in [4.78, 5) is 5.42. The maximum atomic E-state index is 8.91.